The van der Waals surface area contributed by atoms with Crippen molar-refractivity contribution in [2.75, 3.05) is 33.4 Å². The van der Waals surface area contributed by atoms with E-state index in [-0.39, 0.29) is 24.2 Å². The smallest absolute Gasteiger partial charge is 0.223 e. The Morgan fingerprint density at radius 3 is 2.57 bits per heavy atom. The fourth-order valence-electron chi connectivity index (χ4n) is 3.83. The van der Waals surface area contributed by atoms with Gasteiger partial charge in [0.2, 0.25) is 5.91 Å². The molecule has 124 valence electrons. The van der Waals surface area contributed by atoms with Crippen LogP contribution in [0.25, 0.3) is 0 Å². The summed E-state index contributed by atoms with van der Waals surface area (Å²) in [5, 5.41) is 6.33. The van der Waals surface area contributed by atoms with Gasteiger partial charge in [-0.2, -0.15) is 0 Å². The molecule has 0 spiro atoms. The van der Waals surface area contributed by atoms with Gasteiger partial charge in [0, 0.05) is 32.7 Å². The second-order valence-electron chi connectivity index (χ2n) is 6.35. The predicted molar refractivity (Wildman–Crippen MR) is 87.8 cm³/mol. The number of methoxy groups -OCH3 is 1. The highest BCUT2D eigenvalue weighted by molar-refractivity contribution is 5.85. The molecule has 0 saturated heterocycles. The summed E-state index contributed by atoms with van der Waals surface area (Å²) in [5.41, 5.74) is 0. The van der Waals surface area contributed by atoms with Crippen molar-refractivity contribution in [2.24, 2.45) is 17.8 Å². The summed E-state index contributed by atoms with van der Waals surface area (Å²) < 4.78 is 4.97. The fourth-order valence-corrected chi connectivity index (χ4v) is 3.83. The quantitative estimate of drug-likeness (QED) is 0.709. The van der Waals surface area contributed by atoms with E-state index >= 15 is 0 Å². The molecule has 0 heterocycles. The first-order chi connectivity index (χ1) is 9.81. The van der Waals surface area contributed by atoms with Crippen molar-refractivity contribution in [1.29, 1.82) is 0 Å². The summed E-state index contributed by atoms with van der Waals surface area (Å²) >= 11 is 0. The van der Waals surface area contributed by atoms with Gasteiger partial charge in [-0.1, -0.05) is 25.7 Å². The van der Waals surface area contributed by atoms with Crippen LogP contribution in [0.15, 0.2) is 0 Å². The minimum Gasteiger partial charge on any atom is -0.383 e. The van der Waals surface area contributed by atoms with Crippen LogP contribution in [0, 0.1) is 17.8 Å². The number of amides is 1. The van der Waals surface area contributed by atoms with E-state index in [1.807, 2.05) is 0 Å². The molecule has 2 rings (SSSR count). The Hall–Kier alpha value is -0.320. The minimum absolute atomic E-state index is 0. The molecule has 2 N–H and O–H groups in total. The molecule has 2 saturated carbocycles. The Labute approximate surface area is 135 Å². The van der Waals surface area contributed by atoms with Crippen LogP contribution in [0.1, 0.15) is 44.9 Å². The molecule has 0 radical (unpaired) electrons. The monoisotopic (exact) mass is 318 g/mol. The van der Waals surface area contributed by atoms with Crippen LogP contribution in [-0.2, 0) is 9.53 Å². The molecule has 2 fully saturated rings. The maximum Gasteiger partial charge on any atom is 0.223 e. The minimum atomic E-state index is 0. The van der Waals surface area contributed by atoms with Crippen molar-refractivity contribution in [2.45, 2.75) is 44.9 Å². The van der Waals surface area contributed by atoms with Crippen molar-refractivity contribution < 1.29 is 9.53 Å². The average Bonchev–Trinajstić information content (AvgIpc) is 2.50. The van der Waals surface area contributed by atoms with Crippen molar-refractivity contribution in [3.05, 3.63) is 0 Å². The molecule has 0 aromatic rings. The lowest BCUT2D eigenvalue weighted by atomic mass is 9.67. The van der Waals surface area contributed by atoms with Crippen molar-refractivity contribution in [1.82, 2.24) is 10.6 Å². The molecular formula is C16H31ClN2O2. The summed E-state index contributed by atoms with van der Waals surface area (Å²) in [6.45, 7) is 3.13. The summed E-state index contributed by atoms with van der Waals surface area (Å²) in [7, 11) is 1.70. The van der Waals surface area contributed by atoms with Crippen LogP contribution < -0.4 is 10.6 Å². The number of carbonyl (C=O) groups excluding carboxylic acids is 1. The lowest BCUT2D eigenvalue weighted by Gasteiger charge is -2.38. The van der Waals surface area contributed by atoms with E-state index in [1.54, 1.807) is 7.11 Å². The highest BCUT2D eigenvalue weighted by atomic mass is 35.5. The number of hydrogen-bond donors (Lipinski definition) is 2. The summed E-state index contributed by atoms with van der Waals surface area (Å²) in [6.07, 6.45) is 9.05. The Morgan fingerprint density at radius 1 is 1.05 bits per heavy atom. The van der Waals surface area contributed by atoms with Crippen LogP contribution >= 0.6 is 12.4 Å². The Bertz CT molecular complexity index is 302. The van der Waals surface area contributed by atoms with Gasteiger partial charge in [0.15, 0.2) is 0 Å². The number of carbonyl (C=O) groups is 1. The number of ether oxygens (including phenoxy) is 1. The van der Waals surface area contributed by atoms with E-state index in [2.05, 4.69) is 10.6 Å². The molecule has 2 aliphatic rings. The number of fused-ring (bicyclic) bond motifs is 1. The van der Waals surface area contributed by atoms with Crippen LogP contribution in [0.3, 0.4) is 0 Å². The van der Waals surface area contributed by atoms with Crippen LogP contribution in [0.5, 0.6) is 0 Å². The van der Waals surface area contributed by atoms with Gasteiger partial charge >= 0.3 is 0 Å². The van der Waals surface area contributed by atoms with E-state index < -0.39 is 0 Å². The molecule has 4 nitrogen and oxygen atoms in total. The Balaban J connectivity index is 0.00000220. The molecule has 0 bridgehead atoms. The molecule has 1 amide bonds. The highest BCUT2D eigenvalue weighted by Gasteiger charge is 2.34. The summed E-state index contributed by atoms with van der Waals surface area (Å²) in [5.74, 6) is 2.30. The highest BCUT2D eigenvalue weighted by Crippen LogP contribution is 2.42. The molecule has 0 aromatic carbocycles. The normalized spacial score (nSPS) is 28.3. The number of hydrogen-bond acceptors (Lipinski definition) is 3. The van der Waals surface area contributed by atoms with Gasteiger partial charge in [-0.25, -0.2) is 0 Å². The van der Waals surface area contributed by atoms with Gasteiger partial charge in [0.25, 0.3) is 0 Å². The van der Waals surface area contributed by atoms with Crippen LogP contribution in [0.4, 0.5) is 0 Å². The standard InChI is InChI=1S/C16H30N2O2.ClH/c1-20-11-10-17-8-9-18-16(19)15-7-6-13-4-2-3-5-14(13)12-15;/h13-15,17H,2-12H2,1H3,(H,18,19);1H. The summed E-state index contributed by atoms with van der Waals surface area (Å²) in [6, 6.07) is 0. The second-order valence-corrected chi connectivity index (χ2v) is 6.35. The largest absolute Gasteiger partial charge is 0.383 e. The first kappa shape index (κ1) is 18.7. The molecule has 3 unspecified atom stereocenters. The Morgan fingerprint density at radius 2 is 1.81 bits per heavy atom. The third-order valence-electron chi connectivity index (χ3n) is 4.99. The lowest BCUT2D eigenvalue weighted by molar-refractivity contribution is -0.127. The predicted octanol–water partition coefficient (Wildman–Crippen LogP) is 2.37. The first-order valence-electron chi connectivity index (χ1n) is 8.28. The molecule has 0 aliphatic heterocycles. The Kier molecular flexibility index (Phi) is 9.29. The second kappa shape index (κ2) is 10.4. The zero-order chi connectivity index (χ0) is 14.2. The van der Waals surface area contributed by atoms with E-state index in [4.69, 9.17) is 4.74 Å². The maximum atomic E-state index is 12.2. The van der Waals surface area contributed by atoms with E-state index in [0.29, 0.717) is 0 Å². The first-order valence-corrected chi connectivity index (χ1v) is 8.28. The topological polar surface area (TPSA) is 50.4 Å². The zero-order valence-electron chi connectivity index (χ0n) is 13.2. The van der Waals surface area contributed by atoms with Gasteiger partial charge in [-0.15, -0.1) is 12.4 Å². The van der Waals surface area contributed by atoms with Gasteiger partial charge in [0.05, 0.1) is 6.61 Å². The third kappa shape index (κ3) is 6.13. The van der Waals surface area contributed by atoms with E-state index in [1.165, 1.54) is 32.1 Å². The zero-order valence-corrected chi connectivity index (χ0v) is 14.1. The number of halogens is 1. The molecule has 21 heavy (non-hydrogen) atoms. The molecule has 5 heteroatoms. The lowest BCUT2D eigenvalue weighted by Crippen LogP contribution is -2.40. The van der Waals surface area contributed by atoms with Gasteiger partial charge in [-0.3, -0.25) is 4.79 Å². The molecule has 2 aliphatic carbocycles. The van der Waals surface area contributed by atoms with Crippen molar-refractivity contribution >= 4 is 18.3 Å². The SMILES string of the molecule is COCCNCCNC(=O)C1CCC2CCCCC2C1.Cl. The molecular weight excluding hydrogens is 288 g/mol. The van der Waals surface area contributed by atoms with Gasteiger partial charge < -0.3 is 15.4 Å². The fraction of sp³-hybridized carbons (Fsp3) is 0.938. The van der Waals surface area contributed by atoms with Gasteiger partial charge in [0.1, 0.15) is 0 Å². The van der Waals surface area contributed by atoms with Crippen molar-refractivity contribution in [3.63, 3.8) is 0 Å². The average molecular weight is 319 g/mol. The summed E-state index contributed by atoms with van der Waals surface area (Å²) in [4.78, 5) is 12.2. The number of nitrogens with one attached hydrogen (secondary N) is 2. The van der Waals surface area contributed by atoms with Crippen molar-refractivity contribution in [3.8, 4) is 0 Å². The van der Waals surface area contributed by atoms with E-state index in [9.17, 15) is 4.79 Å². The van der Waals surface area contributed by atoms with Crippen LogP contribution in [0.2, 0.25) is 0 Å². The number of rotatable bonds is 7. The third-order valence-corrected chi connectivity index (χ3v) is 4.99. The molecule has 0 aromatic heterocycles. The van der Waals surface area contributed by atoms with Crippen LogP contribution in [-0.4, -0.2) is 39.3 Å². The van der Waals surface area contributed by atoms with E-state index in [0.717, 1.165) is 50.9 Å². The molecule has 3 atom stereocenters. The van der Waals surface area contributed by atoms with Gasteiger partial charge in [-0.05, 0) is 31.1 Å². The maximum absolute atomic E-state index is 12.2.